The second-order valence-electron chi connectivity index (χ2n) is 8.45. The van der Waals surface area contributed by atoms with Crippen LogP contribution in [0, 0.1) is 5.41 Å². The molecule has 0 aliphatic rings. The monoisotopic (exact) mass is 437 g/mol. The summed E-state index contributed by atoms with van der Waals surface area (Å²) in [5.41, 5.74) is 6.88. The van der Waals surface area contributed by atoms with E-state index in [-0.39, 0.29) is 34.2 Å². The van der Waals surface area contributed by atoms with Gasteiger partial charge in [-0.05, 0) is 30.7 Å². The molecular weight excluding hydrogens is 410 g/mol. The van der Waals surface area contributed by atoms with E-state index in [2.05, 4.69) is 30.6 Å². The number of Topliss-reactive ketones (excluding diaryl/α,β-unsaturated/α-hetero) is 1. The number of ketones is 1. The minimum atomic E-state index is -0.444. The lowest BCUT2D eigenvalue weighted by Gasteiger charge is -2.16. The van der Waals surface area contributed by atoms with Gasteiger partial charge in [-0.15, -0.1) is 0 Å². The number of nitrogen functional groups attached to an aromatic ring is 1. The number of aromatic amines is 1. The summed E-state index contributed by atoms with van der Waals surface area (Å²) in [6, 6.07) is 6.98. The van der Waals surface area contributed by atoms with Gasteiger partial charge < -0.3 is 16.4 Å². The van der Waals surface area contributed by atoms with Crippen molar-refractivity contribution in [3.63, 3.8) is 0 Å². The van der Waals surface area contributed by atoms with E-state index >= 15 is 0 Å². The van der Waals surface area contributed by atoms with Crippen molar-refractivity contribution in [3.05, 3.63) is 52.1 Å². The van der Waals surface area contributed by atoms with Crippen molar-refractivity contribution in [2.24, 2.45) is 5.41 Å². The van der Waals surface area contributed by atoms with Gasteiger partial charge in [-0.3, -0.25) is 19.4 Å². The van der Waals surface area contributed by atoms with E-state index in [9.17, 15) is 14.4 Å². The highest BCUT2D eigenvalue weighted by Crippen LogP contribution is 2.17. The summed E-state index contributed by atoms with van der Waals surface area (Å²) in [4.78, 5) is 50.9. The largest absolute Gasteiger partial charge is 0.379 e. The predicted molar refractivity (Wildman–Crippen MR) is 122 cm³/mol. The summed E-state index contributed by atoms with van der Waals surface area (Å²) in [7, 11) is 0. The fourth-order valence-corrected chi connectivity index (χ4v) is 2.92. The van der Waals surface area contributed by atoms with Gasteiger partial charge in [0.05, 0.1) is 18.4 Å². The van der Waals surface area contributed by atoms with Crippen LogP contribution in [0.1, 0.15) is 49.7 Å². The predicted octanol–water partition coefficient (Wildman–Crippen LogP) is 2.03. The van der Waals surface area contributed by atoms with Crippen LogP contribution in [0.5, 0.6) is 0 Å². The Bertz CT molecular complexity index is 1180. The smallest absolute Gasteiger partial charge is 0.280 e. The van der Waals surface area contributed by atoms with Gasteiger partial charge in [-0.1, -0.05) is 20.8 Å². The van der Waals surface area contributed by atoms with Crippen molar-refractivity contribution in [2.75, 3.05) is 17.6 Å². The Kier molecular flexibility index (Phi) is 6.82. The Balaban J connectivity index is 1.51. The van der Waals surface area contributed by atoms with Crippen molar-refractivity contribution in [1.82, 2.24) is 25.3 Å². The molecule has 10 heteroatoms. The van der Waals surface area contributed by atoms with Crippen LogP contribution in [0.25, 0.3) is 11.2 Å². The molecule has 0 radical (unpaired) electrons. The van der Waals surface area contributed by atoms with Gasteiger partial charge in [0.2, 0.25) is 5.95 Å². The van der Waals surface area contributed by atoms with Crippen molar-refractivity contribution < 1.29 is 9.59 Å². The average Bonchev–Trinajstić information content (AvgIpc) is 2.74. The van der Waals surface area contributed by atoms with Crippen LogP contribution in [-0.4, -0.2) is 38.2 Å². The molecule has 1 amide bonds. The number of rotatable bonds is 8. The van der Waals surface area contributed by atoms with E-state index in [1.807, 2.05) is 20.8 Å². The second-order valence-corrected chi connectivity index (χ2v) is 8.45. The number of nitrogens with two attached hydrogens (primary N) is 1. The average molecular weight is 438 g/mol. The first kappa shape index (κ1) is 22.9. The number of nitrogens with zero attached hydrogens (tertiary/aromatic N) is 3. The Hall–Kier alpha value is -3.82. The highest BCUT2D eigenvalue weighted by atomic mass is 16.2. The number of H-pyrrole nitrogens is 1. The lowest BCUT2D eigenvalue weighted by Crippen LogP contribution is -2.26. The van der Waals surface area contributed by atoms with Crippen LogP contribution in [0.2, 0.25) is 0 Å². The molecule has 0 fully saturated rings. The van der Waals surface area contributed by atoms with Gasteiger partial charge in [0.25, 0.3) is 11.5 Å². The number of nitrogens with one attached hydrogen (secondary N) is 3. The number of anilines is 2. The molecule has 0 aliphatic heterocycles. The Morgan fingerprint density at radius 1 is 1.12 bits per heavy atom. The number of amides is 1. The molecule has 0 saturated carbocycles. The van der Waals surface area contributed by atoms with E-state index in [1.165, 1.54) is 6.20 Å². The van der Waals surface area contributed by atoms with E-state index in [4.69, 9.17) is 5.73 Å². The number of hydrogen-bond acceptors (Lipinski definition) is 8. The van der Waals surface area contributed by atoms with Gasteiger partial charge in [0, 0.05) is 29.6 Å². The molecule has 10 nitrogen and oxygen atoms in total. The van der Waals surface area contributed by atoms with Crippen LogP contribution in [0.15, 0.2) is 35.3 Å². The van der Waals surface area contributed by atoms with Crippen LogP contribution < -0.4 is 21.9 Å². The normalized spacial score (nSPS) is 11.3. The van der Waals surface area contributed by atoms with Gasteiger partial charge in [-0.25, -0.2) is 9.97 Å². The quantitative estimate of drug-likeness (QED) is 0.390. The highest BCUT2D eigenvalue weighted by molar-refractivity contribution is 5.94. The van der Waals surface area contributed by atoms with E-state index in [1.54, 1.807) is 24.3 Å². The third kappa shape index (κ3) is 5.87. The maximum Gasteiger partial charge on any atom is 0.280 e. The number of benzene rings is 1. The summed E-state index contributed by atoms with van der Waals surface area (Å²) in [5.74, 6) is -0.0142. The van der Waals surface area contributed by atoms with Crippen LogP contribution in [0.4, 0.5) is 11.6 Å². The SMILES string of the molecule is CC(C)(C)C(=O)CCCNC(=O)c1ccc(NCc2cnc3nc(N)[nH]c(=O)c3n2)cc1. The summed E-state index contributed by atoms with van der Waals surface area (Å²) in [6.45, 7) is 6.46. The molecule has 2 heterocycles. The molecule has 0 saturated heterocycles. The summed E-state index contributed by atoms with van der Waals surface area (Å²) >= 11 is 0. The number of carbonyl (C=O) groups excluding carboxylic acids is 2. The maximum absolute atomic E-state index is 12.3. The van der Waals surface area contributed by atoms with Gasteiger partial charge in [0.1, 0.15) is 5.78 Å². The maximum atomic E-state index is 12.3. The van der Waals surface area contributed by atoms with Crippen molar-refractivity contribution in [1.29, 1.82) is 0 Å². The zero-order chi connectivity index (χ0) is 23.3. The highest BCUT2D eigenvalue weighted by Gasteiger charge is 2.20. The first-order valence-electron chi connectivity index (χ1n) is 10.3. The topological polar surface area (TPSA) is 156 Å². The molecule has 168 valence electrons. The first-order valence-corrected chi connectivity index (χ1v) is 10.3. The molecule has 0 atom stereocenters. The molecular formula is C22H27N7O3. The Labute approximate surface area is 185 Å². The molecule has 0 aliphatic carbocycles. The van der Waals surface area contributed by atoms with Gasteiger partial charge >= 0.3 is 0 Å². The zero-order valence-electron chi connectivity index (χ0n) is 18.4. The Morgan fingerprint density at radius 3 is 2.53 bits per heavy atom. The molecule has 3 aromatic rings. The van der Waals surface area contributed by atoms with Crippen molar-refractivity contribution in [3.8, 4) is 0 Å². The fraction of sp³-hybridized carbons (Fsp3) is 0.364. The van der Waals surface area contributed by atoms with Crippen LogP contribution in [0.3, 0.4) is 0 Å². The zero-order valence-corrected chi connectivity index (χ0v) is 18.4. The third-order valence-corrected chi connectivity index (χ3v) is 4.81. The lowest BCUT2D eigenvalue weighted by molar-refractivity contribution is -0.126. The minimum Gasteiger partial charge on any atom is -0.379 e. The molecule has 5 N–H and O–H groups in total. The van der Waals surface area contributed by atoms with E-state index < -0.39 is 5.56 Å². The molecule has 0 unspecified atom stereocenters. The summed E-state index contributed by atoms with van der Waals surface area (Å²) in [5, 5.41) is 6.00. The van der Waals surface area contributed by atoms with Crippen LogP contribution in [-0.2, 0) is 11.3 Å². The third-order valence-electron chi connectivity index (χ3n) is 4.81. The van der Waals surface area contributed by atoms with Gasteiger partial charge in [-0.2, -0.15) is 4.98 Å². The van der Waals surface area contributed by atoms with E-state index in [0.29, 0.717) is 37.2 Å². The van der Waals surface area contributed by atoms with E-state index in [0.717, 1.165) is 5.69 Å². The Morgan fingerprint density at radius 2 is 1.84 bits per heavy atom. The first-order chi connectivity index (χ1) is 15.1. The van der Waals surface area contributed by atoms with Crippen molar-refractivity contribution >= 4 is 34.5 Å². The number of fused-ring (bicyclic) bond motifs is 1. The molecule has 1 aromatic carbocycles. The molecule has 2 aromatic heterocycles. The molecule has 0 spiro atoms. The molecule has 32 heavy (non-hydrogen) atoms. The second kappa shape index (κ2) is 9.54. The van der Waals surface area contributed by atoms with Crippen LogP contribution >= 0.6 is 0 Å². The minimum absolute atomic E-state index is 0.00908. The molecule has 3 rings (SSSR count). The number of carbonyl (C=O) groups is 2. The number of hydrogen-bond donors (Lipinski definition) is 4. The standard InChI is InChI=1S/C22H27N7O3/c1-22(2,3)16(30)5-4-10-24-19(31)13-6-8-14(9-7-13)25-11-15-12-26-18-17(27-15)20(32)29-21(23)28-18/h6-9,12,25H,4-5,10-11H2,1-3H3,(H,24,31)(H3,23,26,28,29,32). The van der Waals surface area contributed by atoms with Crippen molar-refractivity contribution in [2.45, 2.75) is 40.2 Å². The molecule has 0 bridgehead atoms. The number of aromatic nitrogens is 4. The summed E-state index contributed by atoms with van der Waals surface area (Å²) < 4.78 is 0. The lowest BCUT2D eigenvalue weighted by atomic mass is 9.88. The summed E-state index contributed by atoms with van der Waals surface area (Å²) in [6.07, 6.45) is 2.58. The van der Waals surface area contributed by atoms with Gasteiger partial charge in [0.15, 0.2) is 11.2 Å². The fourth-order valence-electron chi connectivity index (χ4n) is 2.92.